The quantitative estimate of drug-likeness (QED) is 0.115. The summed E-state index contributed by atoms with van der Waals surface area (Å²) >= 11 is 0. The molecule has 12 nitrogen and oxygen atoms in total. The van der Waals surface area contributed by atoms with Crippen molar-refractivity contribution in [1.82, 2.24) is 5.32 Å². The molecule has 0 aromatic carbocycles. The third kappa shape index (κ3) is 18.8. The van der Waals surface area contributed by atoms with Crippen molar-refractivity contribution < 1.29 is 53.4 Å². The third-order valence-electron chi connectivity index (χ3n) is 4.30. The zero-order valence-electron chi connectivity index (χ0n) is 19.3. The number of carbonyl (C=O) groups excluding carboxylic acids is 1. The van der Waals surface area contributed by atoms with E-state index in [0.29, 0.717) is 19.4 Å². The van der Waals surface area contributed by atoms with E-state index in [1.807, 2.05) is 0 Å². The average molecular weight is 490 g/mol. The summed E-state index contributed by atoms with van der Waals surface area (Å²) in [4.78, 5) is 43.8. The molecular weight excluding hydrogens is 454 g/mol. The highest BCUT2D eigenvalue weighted by Crippen LogP contribution is 2.21. The van der Waals surface area contributed by atoms with Crippen LogP contribution in [0.5, 0.6) is 0 Å². The molecule has 0 atom stereocenters. The smallest absolute Gasteiger partial charge is 0.305 e. The Morgan fingerprint density at radius 1 is 0.706 bits per heavy atom. The molecule has 34 heavy (non-hydrogen) atoms. The van der Waals surface area contributed by atoms with Gasteiger partial charge in [0.25, 0.3) is 0 Å². The first-order valence-electron chi connectivity index (χ1n) is 10.9. The number of terminal acetylenes is 1. The second-order valence-electron chi connectivity index (χ2n) is 7.55. The molecule has 0 spiro atoms. The number of ether oxygens (including phenoxy) is 4. The highest BCUT2D eigenvalue weighted by Gasteiger charge is 2.33. The molecule has 194 valence electrons. The number of amides is 1. The number of aliphatic carboxylic acids is 3. The van der Waals surface area contributed by atoms with Crippen LogP contribution in [0.1, 0.15) is 38.5 Å². The normalized spacial score (nSPS) is 11.0. The second kappa shape index (κ2) is 19.7. The summed E-state index contributed by atoms with van der Waals surface area (Å²) in [6.45, 7) is 0.494. The van der Waals surface area contributed by atoms with E-state index in [9.17, 15) is 19.2 Å². The Balaban J connectivity index is 4.87. The van der Waals surface area contributed by atoms with Gasteiger partial charge < -0.3 is 39.6 Å². The van der Waals surface area contributed by atoms with E-state index in [1.54, 1.807) is 0 Å². The largest absolute Gasteiger partial charge is 0.481 e. The van der Waals surface area contributed by atoms with Crippen LogP contribution >= 0.6 is 0 Å². The molecule has 0 unspecified atom stereocenters. The minimum Gasteiger partial charge on any atom is -0.481 e. The summed E-state index contributed by atoms with van der Waals surface area (Å²) in [7, 11) is 0. The number of hydrogen-bond acceptors (Lipinski definition) is 8. The van der Waals surface area contributed by atoms with Crippen molar-refractivity contribution in [1.29, 1.82) is 0 Å². The summed E-state index contributed by atoms with van der Waals surface area (Å²) in [5.74, 6) is -0.845. The topological polar surface area (TPSA) is 178 Å². The van der Waals surface area contributed by atoms with Gasteiger partial charge in [0.1, 0.15) is 0 Å². The fourth-order valence-corrected chi connectivity index (χ4v) is 2.56. The van der Waals surface area contributed by atoms with Crippen LogP contribution in [0.15, 0.2) is 0 Å². The van der Waals surface area contributed by atoms with E-state index in [0.717, 1.165) is 0 Å². The van der Waals surface area contributed by atoms with Gasteiger partial charge in [-0.25, -0.2) is 0 Å². The lowest BCUT2D eigenvalue weighted by atomic mass is 9.92. The zero-order valence-corrected chi connectivity index (χ0v) is 19.3. The predicted octanol–water partition coefficient (Wildman–Crippen LogP) is 0.383. The van der Waals surface area contributed by atoms with E-state index in [-0.39, 0.29) is 84.4 Å². The number of nitrogens with one attached hydrogen (secondary N) is 1. The maximum absolute atomic E-state index is 11.6. The van der Waals surface area contributed by atoms with Gasteiger partial charge in [0.05, 0.1) is 70.9 Å². The molecule has 0 heterocycles. The van der Waals surface area contributed by atoms with Crippen LogP contribution in [0, 0.1) is 17.8 Å². The Kier molecular flexibility index (Phi) is 18.1. The Labute approximate surface area is 198 Å². The lowest BCUT2D eigenvalue weighted by Gasteiger charge is -2.33. The summed E-state index contributed by atoms with van der Waals surface area (Å²) in [6.07, 6.45) is 5.60. The van der Waals surface area contributed by atoms with Crippen LogP contribution in [0.25, 0.3) is 0 Å². The summed E-state index contributed by atoms with van der Waals surface area (Å²) in [6, 6.07) is 0. The van der Waals surface area contributed by atoms with E-state index < -0.39 is 23.3 Å². The monoisotopic (exact) mass is 489 g/mol. The molecule has 0 aromatic heterocycles. The molecule has 0 aliphatic heterocycles. The molecule has 4 N–H and O–H groups in total. The zero-order chi connectivity index (χ0) is 25.7. The lowest BCUT2D eigenvalue weighted by molar-refractivity contribution is -0.141. The number of carbonyl (C=O) groups is 4. The first kappa shape index (κ1) is 31.3. The van der Waals surface area contributed by atoms with Gasteiger partial charge in [-0.2, -0.15) is 0 Å². The van der Waals surface area contributed by atoms with Crippen molar-refractivity contribution in [3.8, 4) is 12.3 Å². The minimum absolute atomic E-state index is 0.0107. The highest BCUT2D eigenvalue weighted by molar-refractivity contribution is 5.76. The molecule has 0 aliphatic rings. The van der Waals surface area contributed by atoms with E-state index in [1.165, 1.54) is 0 Å². The number of carboxylic acids is 3. The number of rotatable bonds is 23. The molecule has 0 fully saturated rings. The van der Waals surface area contributed by atoms with Gasteiger partial charge in [0.15, 0.2) is 0 Å². The van der Waals surface area contributed by atoms with Crippen molar-refractivity contribution in [2.75, 3.05) is 59.4 Å². The molecule has 0 radical (unpaired) electrons. The fraction of sp³-hybridized carbons (Fsp3) is 0.727. The van der Waals surface area contributed by atoms with Gasteiger partial charge in [0.2, 0.25) is 5.91 Å². The first-order chi connectivity index (χ1) is 16.2. The molecule has 1 amide bonds. The Bertz CT molecular complexity index is 605. The summed E-state index contributed by atoms with van der Waals surface area (Å²) in [5.41, 5.74) is -0.925. The van der Waals surface area contributed by atoms with Crippen molar-refractivity contribution in [2.24, 2.45) is 5.41 Å². The lowest BCUT2D eigenvalue weighted by Crippen LogP contribution is -2.42. The first-order valence-corrected chi connectivity index (χ1v) is 10.9. The predicted molar refractivity (Wildman–Crippen MR) is 118 cm³/mol. The van der Waals surface area contributed by atoms with Crippen molar-refractivity contribution >= 4 is 23.8 Å². The third-order valence-corrected chi connectivity index (χ3v) is 4.30. The van der Waals surface area contributed by atoms with Gasteiger partial charge in [-0.1, -0.05) is 0 Å². The van der Waals surface area contributed by atoms with Crippen molar-refractivity contribution in [3.63, 3.8) is 0 Å². The van der Waals surface area contributed by atoms with Crippen LogP contribution in [0.4, 0.5) is 0 Å². The number of hydrogen-bond donors (Lipinski definition) is 4. The SMILES string of the molecule is C#CCCC(=O)NCCCOCC(COCCC(=O)O)(COCCC(=O)O)COCCC(=O)O. The van der Waals surface area contributed by atoms with Gasteiger partial charge in [-0.3, -0.25) is 19.2 Å². The minimum atomic E-state index is -1.03. The molecular formula is C22H35NO11. The maximum atomic E-state index is 11.6. The number of carboxylic acid groups (broad SMARTS) is 3. The molecule has 0 aromatic rings. The molecule has 0 saturated heterocycles. The Morgan fingerprint density at radius 3 is 1.50 bits per heavy atom. The summed E-state index contributed by atoms with van der Waals surface area (Å²) < 4.78 is 22.2. The molecule has 0 rings (SSSR count). The van der Waals surface area contributed by atoms with Crippen LogP contribution in [-0.2, 0) is 38.1 Å². The van der Waals surface area contributed by atoms with Crippen LogP contribution in [-0.4, -0.2) is 98.5 Å². The van der Waals surface area contributed by atoms with Gasteiger partial charge in [-0.15, -0.1) is 12.3 Å². The van der Waals surface area contributed by atoms with Crippen LogP contribution in [0.3, 0.4) is 0 Å². The second-order valence-corrected chi connectivity index (χ2v) is 7.55. The van der Waals surface area contributed by atoms with Gasteiger partial charge >= 0.3 is 17.9 Å². The van der Waals surface area contributed by atoms with Crippen LogP contribution in [0.2, 0.25) is 0 Å². The Morgan fingerprint density at radius 2 is 1.12 bits per heavy atom. The van der Waals surface area contributed by atoms with Gasteiger partial charge in [0, 0.05) is 26.0 Å². The van der Waals surface area contributed by atoms with E-state index >= 15 is 0 Å². The summed E-state index contributed by atoms with van der Waals surface area (Å²) in [5, 5.41) is 29.1. The van der Waals surface area contributed by atoms with Crippen LogP contribution < -0.4 is 5.32 Å². The van der Waals surface area contributed by atoms with E-state index in [2.05, 4.69) is 11.2 Å². The average Bonchev–Trinajstić information content (AvgIpc) is 2.77. The van der Waals surface area contributed by atoms with Crippen molar-refractivity contribution in [2.45, 2.75) is 38.5 Å². The molecule has 0 bridgehead atoms. The highest BCUT2D eigenvalue weighted by atomic mass is 16.5. The van der Waals surface area contributed by atoms with Crippen molar-refractivity contribution in [3.05, 3.63) is 0 Å². The molecule has 0 aliphatic carbocycles. The molecule has 12 heteroatoms. The van der Waals surface area contributed by atoms with E-state index in [4.69, 9.17) is 40.7 Å². The maximum Gasteiger partial charge on any atom is 0.305 e. The molecule has 0 saturated carbocycles. The Hall–Kier alpha value is -2.72. The standard InChI is InChI=1S/C22H35NO11/c1-2-3-5-18(24)23-9-4-10-31-14-22(15-32-11-6-19(25)26,16-33-12-7-20(27)28)17-34-13-8-21(29)30/h1H,3-17H2,(H,23,24)(H,25,26)(H,27,28)(H,29,30). The fourth-order valence-electron chi connectivity index (χ4n) is 2.56. The van der Waals surface area contributed by atoms with Gasteiger partial charge in [-0.05, 0) is 6.42 Å².